The van der Waals surface area contributed by atoms with Crippen molar-refractivity contribution in [3.05, 3.63) is 18.2 Å². The first-order chi connectivity index (χ1) is 11.2. The minimum absolute atomic E-state index is 0.0723. The summed E-state index contributed by atoms with van der Waals surface area (Å²) in [6.07, 6.45) is 3.56. The van der Waals surface area contributed by atoms with E-state index in [0.717, 1.165) is 24.8 Å². The maximum absolute atomic E-state index is 11.9. The number of benzene rings is 1. The molecule has 3 rings (SSSR count). The van der Waals surface area contributed by atoms with Crippen molar-refractivity contribution in [1.29, 1.82) is 0 Å². The summed E-state index contributed by atoms with van der Waals surface area (Å²) < 4.78 is 16.2. The van der Waals surface area contributed by atoms with E-state index in [-0.39, 0.29) is 11.0 Å². The van der Waals surface area contributed by atoms with E-state index in [1.54, 1.807) is 32.4 Å². The maximum Gasteiger partial charge on any atom is 0.277 e. The quantitative estimate of drug-likeness (QED) is 0.830. The van der Waals surface area contributed by atoms with Crippen LogP contribution in [0, 0.1) is 0 Å². The molecular weight excluding hydrogens is 316 g/mol. The topological polar surface area (TPSA) is 74.5 Å². The van der Waals surface area contributed by atoms with Crippen LogP contribution in [-0.4, -0.2) is 35.5 Å². The second kappa shape index (κ2) is 7.04. The molecule has 1 aliphatic rings. The summed E-state index contributed by atoms with van der Waals surface area (Å²) in [6.45, 7) is 0. The predicted molar refractivity (Wildman–Crippen MR) is 86.0 cm³/mol. The van der Waals surface area contributed by atoms with Crippen molar-refractivity contribution >= 4 is 17.5 Å². The monoisotopic (exact) mass is 334 g/mol. The molecule has 23 heavy (non-hydrogen) atoms. The van der Waals surface area contributed by atoms with Crippen LogP contribution in [0.25, 0.3) is 11.5 Å². The molecule has 7 heteroatoms. The van der Waals surface area contributed by atoms with E-state index < -0.39 is 0 Å². The number of methoxy groups -OCH3 is 2. The Morgan fingerprint density at radius 2 is 1.87 bits per heavy atom. The van der Waals surface area contributed by atoms with Crippen molar-refractivity contribution < 1.29 is 18.7 Å². The number of thioether (sulfide) groups is 1. The predicted octanol–water partition coefficient (Wildman–Crippen LogP) is 3.36. The summed E-state index contributed by atoms with van der Waals surface area (Å²) in [6, 6.07) is 5.38. The highest BCUT2D eigenvalue weighted by Crippen LogP contribution is 2.34. The number of ketones is 1. The standard InChI is InChI=1S/C16H18N2O4S/c1-20-11-7-10(8-12(9-11)21-2)15-17-18-16(22-15)23-14-6-4-3-5-13(14)19/h7-9,14H,3-6H2,1-2H3. The molecule has 1 aliphatic carbocycles. The third-order valence-corrected chi connectivity index (χ3v) is 4.90. The lowest BCUT2D eigenvalue weighted by Gasteiger charge is -2.17. The summed E-state index contributed by atoms with van der Waals surface area (Å²) in [5.74, 6) is 1.94. The first-order valence-electron chi connectivity index (χ1n) is 7.46. The molecule has 6 nitrogen and oxygen atoms in total. The number of hydrogen-bond acceptors (Lipinski definition) is 7. The highest BCUT2D eigenvalue weighted by molar-refractivity contribution is 8.00. The van der Waals surface area contributed by atoms with E-state index in [2.05, 4.69) is 10.2 Å². The normalized spacial score (nSPS) is 18.0. The number of carbonyl (C=O) groups excluding carboxylic acids is 1. The number of ether oxygens (including phenoxy) is 2. The van der Waals surface area contributed by atoms with E-state index in [1.807, 2.05) is 0 Å². The lowest BCUT2D eigenvalue weighted by atomic mass is 9.99. The Morgan fingerprint density at radius 1 is 1.13 bits per heavy atom. The van der Waals surface area contributed by atoms with E-state index in [4.69, 9.17) is 13.9 Å². The fourth-order valence-electron chi connectivity index (χ4n) is 2.50. The Bertz CT molecular complexity index is 679. The molecule has 122 valence electrons. The molecule has 1 saturated carbocycles. The van der Waals surface area contributed by atoms with Gasteiger partial charge in [-0.3, -0.25) is 4.79 Å². The summed E-state index contributed by atoms with van der Waals surface area (Å²) >= 11 is 1.36. The van der Waals surface area contributed by atoms with Crippen molar-refractivity contribution in [1.82, 2.24) is 10.2 Å². The van der Waals surface area contributed by atoms with Crippen LogP contribution in [0.15, 0.2) is 27.8 Å². The average Bonchev–Trinajstić information content (AvgIpc) is 3.05. The fourth-order valence-corrected chi connectivity index (χ4v) is 3.49. The van der Waals surface area contributed by atoms with Gasteiger partial charge in [0.15, 0.2) is 0 Å². The Balaban J connectivity index is 1.80. The minimum Gasteiger partial charge on any atom is -0.497 e. The van der Waals surface area contributed by atoms with Crippen LogP contribution in [0.3, 0.4) is 0 Å². The first-order valence-corrected chi connectivity index (χ1v) is 8.34. The van der Waals surface area contributed by atoms with Gasteiger partial charge in [0.1, 0.15) is 17.3 Å². The molecule has 0 spiro atoms. The van der Waals surface area contributed by atoms with Crippen LogP contribution in [-0.2, 0) is 4.79 Å². The maximum atomic E-state index is 11.9. The van der Waals surface area contributed by atoms with E-state index >= 15 is 0 Å². The number of rotatable bonds is 5. The van der Waals surface area contributed by atoms with Gasteiger partial charge in [0.2, 0.25) is 5.89 Å². The molecule has 1 heterocycles. The van der Waals surface area contributed by atoms with Crippen LogP contribution in [0.5, 0.6) is 11.5 Å². The molecule has 0 N–H and O–H groups in total. The largest absolute Gasteiger partial charge is 0.497 e. The van der Waals surface area contributed by atoms with Crippen LogP contribution >= 0.6 is 11.8 Å². The number of hydrogen-bond donors (Lipinski definition) is 0. The van der Waals surface area contributed by atoms with Gasteiger partial charge in [0.05, 0.1) is 19.5 Å². The van der Waals surface area contributed by atoms with Crippen molar-refractivity contribution in [2.75, 3.05) is 14.2 Å². The molecule has 1 atom stereocenters. The van der Waals surface area contributed by atoms with Crippen LogP contribution in [0.1, 0.15) is 25.7 Å². The molecular formula is C16H18N2O4S. The molecule has 0 saturated heterocycles. The Kier molecular flexibility index (Phi) is 4.85. The molecule has 1 fully saturated rings. The van der Waals surface area contributed by atoms with Gasteiger partial charge in [-0.05, 0) is 25.0 Å². The van der Waals surface area contributed by atoms with Crippen LogP contribution in [0.2, 0.25) is 0 Å². The van der Waals surface area contributed by atoms with Crippen molar-refractivity contribution in [3.8, 4) is 23.0 Å². The Morgan fingerprint density at radius 3 is 2.52 bits per heavy atom. The highest BCUT2D eigenvalue weighted by atomic mass is 32.2. The molecule has 0 bridgehead atoms. The number of aromatic nitrogens is 2. The van der Waals surface area contributed by atoms with Crippen molar-refractivity contribution in [2.45, 2.75) is 36.2 Å². The van der Waals surface area contributed by atoms with Crippen LogP contribution in [0.4, 0.5) is 0 Å². The Labute approximate surface area is 138 Å². The first kappa shape index (κ1) is 15.9. The second-order valence-corrected chi connectivity index (χ2v) is 6.45. The lowest BCUT2D eigenvalue weighted by Crippen LogP contribution is -2.21. The van der Waals surface area contributed by atoms with Gasteiger partial charge in [0.25, 0.3) is 5.22 Å². The zero-order chi connectivity index (χ0) is 16.2. The van der Waals surface area contributed by atoms with E-state index in [9.17, 15) is 4.79 Å². The fraction of sp³-hybridized carbons (Fsp3) is 0.438. The number of carbonyl (C=O) groups is 1. The minimum atomic E-state index is -0.0723. The van der Waals surface area contributed by atoms with Gasteiger partial charge >= 0.3 is 0 Å². The van der Waals surface area contributed by atoms with Gasteiger partial charge in [0, 0.05) is 18.1 Å². The molecule has 1 unspecified atom stereocenters. The third-order valence-electron chi connectivity index (χ3n) is 3.75. The molecule has 1 aromatic carbocycles. The molecule has 0 radical (unpaired) electrons. The highest BCUT2D eigenvalue weighted by Gasteiger charge is 2.25. The molecule has 0 aliphatic heterocycles. The van der Waals surface area contributed by atoms with Gasteiger partial charge in [-0.25, -0.2) is 0 Å². The van der Waals surface area contributed by atoms with Gasteiger partial charge in [-0.1, -0.05) is 18.2 Å². The molecule has 1 aromatic heterocycles. The number of Topliss-reactive ketones (excluding diaryl/α,β-unsaturated/α-hetero) is 1. The zero-order valence-electron chi connectivity index (χ0n) is 13.1. The van der Waals surface area contributed by atoms with E-state index in [0.29, 0.717) is 29.0 Å². The van der Waals surface area contributed by atoms with Gasteiger partial charge < -0.3 is 13.9 Å². The summed E-state index contributed by atoms with van der Waals surface area (Å²) in [7, 11) is 3.17. The van der Waals surface area contributed by atoms with Gasteiger partial charge in [-0.2, -0.15) is 0 Å². The smallest absolute Gasteiger partial charge is 0.277 e. The van der Waals surface area contributed by atoms with Crippen molar-refractivity contribution in [2.24, 2.45) is 0 Å². The Hall–Kier alpha value is -2.02. The summed E-state index contributed by atoms with van der Waals surface area (Å²) in [4.78, 5) is 11.9. The van der Waals surface area contributed by atoms with Gasteiger partial charge in [-0.15, -0.1) is 10.2 Å². The van der Waals surface area contributed by atoms with E-state index in [1.165, 1.54) is 11.8 Å². The summed E-state index contributed by atoms with van der Waals surface area (Å²) in [5.41, 5.74) is 0.718. The molecule has 2 aromatic rings. The third kappa shape index (κ3) is 3.67. The molecule has 0 amide bonds. The zero-order valence-corrected chi connectivity index (χ0v) is 13.9. The average molecular weight is 334 g/mol. The lowest BCUT2D eigenvalue weighted by molar-refractivity contribution is -0.119. The van der Waals surface area contributed by atoms with Crippen molar-refractivity contribution in [3.63, 3.8) is 0 Å². The number of nitrogens with zero attached hydrogens (tertiary/aromatic N) is 2. The summed E-state index contributed by atoms with van der Waals surface area (Å²) in [5, 5.41) is 8.46. The SMILES string of the molecule is COc1cc(OC)cc(-c2nnc(SC3CCCCC3=O)o2)c1. The second-order valence-electron chi connectivity index (χ2n) is 5.29. The van der Waals surface area contributed by atoms with Crippen LogP contribution < -0.4 is 9.47 Å².